The standard InChI is InChI=1S/C14H23N3O4S/c1-5-22(19,20)17-12-7-6-11(8-13(12)21-4)16-14(18)10(2)9-15-3/h6-8,10,15,17H,5,9H2,1-4H3,(H,16,18). The van der Waals surface area contributed by atoms with Gasteiger partial charge in [0.2, 0.25) is 15.9 Å². The summed E-state index contributed by atoms with van der Waals surface area (Å²) < 4.78 is 30.8. The maximum atomic E-state index is 12.0. The van der Waals surface area contributed by atoms with Gasteiger partial charge in [-0.1, -0.05) is 6.92 Å². The van der Waals surface area contributed by atoms with E-state index in [1.54, 1.807) is 32.2 Å². The van der Waals surface area contributed by atoms with E-state index in [-0.39, 0.29) is 17.6 Å². The van der Waals surface area contributed by atoms with Gasteiger partial charge < -0.3 is 15.4 Å². The lowest BCUT2D eigenvalue weighted by Gasteiger charge is -2.15. The first-order chi connectivity index (χ1) is 10.3. The Labute approximate surface area is 131 Å². The van der Waals surface area contributed by atoms with Gasteiger partial charge in [0.25, 0.3) is 0 Å². The van der Waals surface area contributed by atoms with Crippen molar-refractivity contribution in [2.24, 2.45) is 5.92 Å². The van der Waals surface area contributed by atoms with E-state index in [4.69, 9.17) is 4.74 Å². The molecule has 0 aromatic heterocycles. The van der Waals surface area contributed by atoms with Crippen LogP contribution in [-0.2, 0) is 14.8 Å². The van der Waals surface area contributed by atoms with Gasteiger partial charge in [-0.15, -0.1) is 0 Å². The van der Waals surface area contributed by atoms with E-state index in [0.717, 1.165) is 0 Å². The largest absolute Gasteiger partial charge is 0.494 e. The van der Waals surface area contributed by atoms with E-state index in [1.807, 2.05) is 6.92 Å². The molecule has 1 amide bonds. The molecule has 0 fully saturated rings. The molecule has 1 aromatic rings. The minimum atomic E-state index is -3.39. The van der Waals surface area contributed by atoms with E-state index < -0.39 is 10.0 Å². The van der Waals surface area contributed by atoms with E-state index >= 15 is 0 Å². The van der Waals surface area contributed by atoms with Gasteiger partial charge in [-0.2, -0.15) is 0 Å². The van der Waals surface area contributed by atoms with Crippen LogP contribution in [0.2, 0.25) is 0 Å². The third kappa shape index (κ3) is 5.19. The molecule has 8 heteroatoms. The fraction of sp³-hybridized carbons (Fsp3) is 0.500. The third-order valence-corrected chi connectivity index (χ3v) is 4.36. The Morgan fingerprint density at radius 3 is 2.59 bits per heavy atom. The van der Waals surface area contributed by atoms with Crippen molar-refractivity contribution < 1.29 is 17.9 Å². The molecule has 124 valence electrons. The summed E-state index contributed by atoms with van der Waals surface area (Å²) in [6.07, 6.45) is 0. The van der Waals surface area contributed by atoms with Crippen molar-refractivity contribution in [3.63, 3.8) is 0 Å². The molecule has 0 aliphatic heterocycles. The molecule has 1 atom stereocenters. The van der Waals surface area contributed by atoms with Crippen molar-refractivity contribution in [1.82, 2.24) is 5.32 Å². The summed E-state index contributed by atoms with van der Waals surface area (Å²) in [6, 6.07) is 4.77. The van der Waals surface area contributed by atoms with Gasteiger partial charge in [-0.25, -0.2) is 8.42 Å². The Morgan fingerprint density at radius 1 is 1.36 bits per heavy atom. The minimum absolute atomic E-state index is 0.0316. The third-order valence-electron chi connectivity index (χ3n) is 3.07. The second-order valence-electron chi connectivity index (χ2n) is 4.87. The lowest BCUT2D eigenvalue weighted by atomic mass is 10.1. The van der Waals surface area contributed by atoms with Crippen LogP contribution in [0.3, 0.4) is 0 Å². The topological polar surface area (TPSA) is 96.5 Å². The molecule has 0 saturated heterocycles. The molecule has 7 nitrogen and oxygen atoms in total. The Balaban J connectivity index is 2.91. The monoisotopic (exact) mass is 329 g/mol. The molecule has 0 radical (unpaired) electrons. The second-order valence-corrected chi connectivity index (χ2v) is 6.88. The summed E-state index contributed by atoms with van der Waals surface area (Å²) in [4.78, 5) is 12.0. The average Bonchev–Trinajstić information content (AvgIpc) is 2.48. The normalized spacial score (nSPS) is 12.5. The fourth-order valence-corrected chi connectivity index (χ4v) is 2.41. The molecule has 0 aliphatic rings. The van der Waals surface area contributed by atoms with Crippen LogP contribution >= 0.6 is 0 Å². The molecule has 1 rings (SSSR count). The van der Waals surface area contributed by atoms with Crippen LogP contribution in [0, 0.1) is 5.92 Å². The maximum Gasteiger partial charge on any atom is 0.232 e. The number of carbonyl (C=O) groups is 1. The Kier molecular flexibility index (Phi) is 6.63. The Bertz CT molecular complexity index is 617. The van der Waals surface area contributed by atoms with Crippen molar-refractivity contribution in [1.29, 1.82) is 0 Å². The lowest BCUT2D eigenvalue weighted by molar-refractivity contribution is -0.119. The van der Waals surface area contributed by atoms with Crippen LogP contribution in [0.4, 0.5) is 11.4 Å². The van der Waals surface area contributed by atoms with Crippen LogP contribution < -0.4 is 20.1 Å². The number of ether oxygens (including phenoxy) is 1. The zero-order valence-corrected chi connectivity index (χ0v) is 14.1. The summed E-state index contributed by atoms with van der Waals surface area (Å²) in [6.45, 7) is 3.93. The molecule has 1 unspecified atom stereocenters. The molecule has 0 spiro atoms. The molecule has 3 N–H and O–H groups in total. The predicted molar refractivity (Wildman–Crippen MR) is 87.8 cm³/mol. The van der Waals surface area contributed by atoms with Crippen molar-refractivity contribution in [3.05, 3.63) is 18.2 Å². The van der Waals surface area contributed by atoms with Gasteiger partial charge in [0.05, 0.1) is 18.6 Å². The number of rotatable bonds is 8. The van der Waals surface area contributed by atoms with Crippen LogP contribution in [0.25, 0.3) is 0 Å². The summed E-state index contributed by atoms with van der Waals surface area (Å²) in [5.74, 6) is -0.000414. The molecule has 22 heavy (non-hydrogen) atoms. The highest BCUT2D eigenvalue weighted by molar-refractivity contribution is 7.92. The number of carbonyl (C=O) groups excluding carboxylic acids is 1. The number of sulfonamides is 1. The van der Waals surface area contributed by atoms with Gasteiger partial charge in [0.1, 0.15) is 5.75 Å². The first-order valence-corrected chi connectivity index (χ1v) is 8.62. The molecule has 0 heterocycles. The van der Waals surface area contributed by atoms with Gasteiger partial charge in [-0.05, 0) is 26.1 Å². The number of benzene rings is 1. The quantitative estimate of drug-likeness (QED) is 0.667. The highest BCUT2D eigenvalue weighted by atomic mass is 32.2. The van der Waals surface area contributed by atoms with E-state index in [2.05, 4.69) is 15.4 Å². The zero-order valence-electron chi connectivity index (χ0n) is 13.3. The van der Waals surface area contributed by atoms with Crippen LogP contribution in [0.1, 0.15) is 13.8 Å². The fourth-order valence-electron chi connectivity index (χ4n) is 1.76. The molecule has 0 saturated carbocycles. The summed E-state index contributed by atoms with van der Waals surface area (Å²) >= 11 is 0. The number of nitrogens with one attached hydrogen (secondary N) is 3. The van der Waals surface area contributed by atoms with Crippen LogP contribution in [0.15, 0.2) is 18.2 Å². The number of hydrogen-bond acceptors (Lipinski definition) is 5. The summed E-state index contributed by atoms with van der Waals surface area (Å²) in [5.41, 5.74) is 0.884. The van der Waals surface area contributed by atoms with Gasteiger partial charge >= 0.3 is 0 Å². The number of amides is 1. The first-order valence-electron chi connectivity index (χ1n) is 6.97. The maximum absolute atomic E-state index is 12.0. The van der Waals surface area contributed by atoms with Crippen LogP contribution in [0.5, 0.6) is 5.75 Å². The first kappa shape index (κ1) is 18.2. The molecule has 0 bridgehead atoms. The van der Waals surface area contributed by atoms with Gasteiger partial charge in [-0.3, -0.25) is 9.52 Å². The zero-order chi connectivity index (χ0) is 16.8. The summed E-state index contributed by atoms with van der Waals surface area (Å²) in [5, 5.41) is 5.70. The Hall–Kier alpha value is -1.80. The highest BCUT2D eigenvalue weighted by Crippen LogP contribution is 2.29. The van der Waals surface area contributed by atoms with E-state index in [0.29, 0.717) is 23.7 Å². The number of anilines is 2. The SMILES string of the molecule is CCS(=O)(=O)Nc1ccc(NC(=O)C(C)CNC)cc1OC. The highest BCUT2D eigenvalue weighted by Gasteiger charge is 2.15. The van der Waals surface area contributed by atoms with Crippen molar-refractivity contribution >= 4 is 27.3 Å². The Morgan fingerprint density at radius 2 is 2.05 bits per heavy atom. The number of methoxy groups -OCH3 is 1. The van der Waals surface area contributed by atoms with Crippen molar-refractivity contribution in [2.75, 3.05) is 36.5 Å². The molecular weight excluding hydrogens is 306 g/mol. The van der Waals surface area contributed by atoms with E-state index in [1.165, 1.54) is 7.11 Å². The minimum Gasteiger partial charge on any atom is -0.494 e. The van der Waals surface area contributed by atoms with Gasteiger partial charge in [0.15, 0.2) is 0 Å². The van der Waals surface area contributed by atoms with Crippen molar-refractivity contribution in [2.45, 2.75) is 13.8 Å². The lowest BCUT2D eigenvalue weighted by Crippen LogP contribution is -2.28. The molecule has 0 aliphatic carbocycles. The number of hydrogen-bond donors (Lipinski definition) is 3. The van der Waals surface area contributed by atoms with Crippen molar-refractivity contribution in [3.8, 4) is 5.75 Å². The van der Waals surface area contributed by atoms with Crippen LogP contribution in [-0.4, -0.2) is 40.8 Å². The smallest absolute Gasteiger partial charge is 0.232 e. The molecule has 1 aromatic carbocycles. The summed E-state index contributed by atoms with van der Waals surface area (Å²) in [7, 11) is -0.169. The second kappa shape index (κ2) is 8.00. The average molecular weight is 329 g/mol. The predicted octanol–water partition coefficient (Wildman–Crippen LogP) is 1.25. The van der Waals surface area contributed by atoms with E-state index in [9.17, 15) is 13.2 Å². The molecular formula is C14H23N3O4S. The van der Waals surface area contributed by atoms with Gasteiger partial charge in [0, 0.05) is 24.2 Å².